The van der Waals surface area contributed by atoms with Crippen molar-refractivity contribution in [3.63, 3.8) is 0 Å². The third-order valence-electron chi connectivity index (χ3n) is 3.91. The Morgan fingerprint density at radius 3 is 2.45 bits per heavy atom. The third-order valence-corrected chi connectivity index (χ3v) is 5.69. The molecule has 13 heteroatoms. The predicted octanol–water partition coefficient (Wildman–Crippen LogP) is 3.83. The highest BCUT2D eigenvalue weighted by molar-refractivity contribution is 7.89. The highest BCUT2D eigenvalue weighted by Crippen LogP contribution is 2.27. The van der Waals surface area contributed by atoms with Crippen molar-refractivity contribution in [3.05, 3.63) is 46.7 Å². The van der Waals surface area contributed by atoms with Gasteiger partial charge in [0.05, 0.1) is 5.69 Å². The Balaban J connectivity index is 2.30. The van der Waals surface area contributed by atoms with E-state index in [1.54, 1.807) is 0 Å². The summed E-state index contributed by atoms with van der Waals surface area (Å²) in [5.74, 6) is -3.27. The fraction of sp³-hybridized carbons (Fsp3) is 0.312. The zero-order chi connectivity index (χ0) is 22.1. The van der Waals surface area contributed by atoms with Crippen molar-refractivity contribution in [1.29, 1.82) is 0 Å². The van der Waals surface area contributed by atoms with Crippen molar-refractivity contribution in [1.82, 2.24) is 9.29 Å². The van der Waals surface area contributed by atoms with Crippen LogP contribution < -0.4 is 10.0 Å². The van der Waals surface area contributed by atoms with E-state index >= 15 is 0 Å². The van der Waals surface area contributed by atoms with E-state index in [1.165, 1.54) is 11.8 Å². The number of hydrogen-bond donors (Lipinski definition) is 2. The van der Waals surface area contributed by atoms with Crippen LogP contribution in [0.2, 0.25) is 5.02 Å². The monoisotopic (exact) mass is 459 g/mol. The van der Waals surface area contributed by atoms with Gasteiger partial charge >= 0.3 is 6.18 Å². The molecular weight excluding hydrogens is 445 g/mol. The molecule has 1 atom stereocenters. The van der Waals surface area contributed by atoms with E-state index in [0.717, 1.165) is 35.9 Å². The number of carbonyl (C=O) groups excluding carboxylic acids is 1. The lowest BCUT2D eigenvalue weighted by molar-refractivity contribution is -0.151. The fourth-order valence-electron chi connectivity index (χ4n) is 2.35. The number of hydrogen-bond acceptors (Lipinski definition) is 3. The largest absolute Gasteiger partial charge is 0.404 e. The first-order valence-electron chi connectivity index (χ1n) is 7.98. The summed E-state index contributed by atoms with van der Waals surface area (Å²) in [6.45, 7) is 1.16. The molecule has 1 aromatic carbocycles. The van der Waals surface area contributed by atoms with E-state index in [2.05, 4.69) is 5.32 Å². The molecular formula is C16H15ClF5N3O3S. The second-order valence-electron chi connectivity index (χ2n) is 5.97. The van der Waals surface area contributed by atoms with Gasteiger partial charge in [-0.25, -0.2) is 17.2 Å². The first kappa shape index (κ1) is 23.1. The van der Waals surface area contributed by atoms with Gasteiger partial charge in [-0.2, -0.15) is 17.9 Å². The molecule has 6 nitrogen and oxygen atoms in total. The SMILES string of the molecule is CC[C@@H](NS(=O)(=O)c1cc(C(=O)Nc2ccc(F)c(Cl)c2F)n(C)c1)C(F)(F)F. The molecule has 0 bridgehead atoms. The number of nitrogens with one attached hydrogen (secondary N) is 2. The maximum atomic E-state index is 13.9. The fourth-order valence-corrected chi connectivity index (χ4v) is 3.89. The van der Waals surface area contributed by atoms with Crippen LogP contribution in [0.25, 0.3) is 0 Å². The van der Waals surface area contributed by atoms with Gasteiger partial charge in [0.25, 0.3) is 5.91 Å². The van der Waals surface area contributed by atoms with Crippen molar-refractivity contribution < 1.29 is 35.2 Å². The summed E-state index contributed by atoms with van der Waals surface area (Å²) in [6.07, 6.45) is -4.40. The Morgan fingerprint density at radius 2 is 1.90 bits per heavy atom. The summed E-state index contributed by atoms with van der Waals surface area (Å²) in [7, 11) is -3.33. The molecule has 2 aromatic rings. The number of nitrogens with zero attached hydrogens (tertiary/aromatic N) is 1. The molecule has 1 aromatic heterocycles. The van der Waals surface area contributed by atoms with Crippen LogP contribution in [0, 0.1) is 11.6 Å². The first-order chi connectivity index (χ1) is 13.3. The smallest absolute Gasteiger partial charge is 0.345 e. The van der Waals surface area contributed by atoms with Gasteiger partial charge < -0.3 is 9.88 Å². The molecule has 0 unspecified atom stereocenters. The number of alkyl halides is 3. The number of benzene rings is 1. The lowest BCUT2D eigenvalue weighted by Gasteiger charge is -2.19. The molecule has 0 radical (unpaired) electrons. The third kappa shape index (κ3) is 5.06. The van der Waals surface area contributed by atoms with Gasteiger partial charge in [-0.1, -0.05) is 18.5 Å². The molecule has 0 aliphatic rings. The Hall–Kier alpha value is -2.18. The lowest BCUT2D eigenvalue weighted by atomic mass is 10.2. The standard InChI is InChI=1S/C16H15ClF5N3O3S/c1-3-12(16(20,21)22)24-29(27,28)8-6-11(25(2)7-8)15(26)23-10-5-4-9(18)13(17)14(10)19/h4-7,12,24H,3H2,1-2H3,(H,23,26)/t12-/m1/s1. The van der Waals surface area contributed by atoms with Gasteiger partial charge in [0.1, 0.15) is 27.5 Å². The minimum Gasteiger partial charge on any atom is -0.345 e. The summed E-state index contributed by atoms with van der Waals surface area (Å²) >= 11 is 5.42. The number of aromatic nitrogens is 1. The topological polar surface area (TPSA) is 80.2 Å². The van der Waals surface area contributed by atoms with Crippen LogP contribution in [-0.2, 0) is 17.1 Å². The first-order valence-corrected chi connectivity index (χ1v) is 9.84. The number of anilines is 1. The normalized spacial score (nSPS) is 13.4. The summed E-state index contributed by atoms with van der Waals surface area (Å²) < 4.78 is 92.7. The Morgan fingerprint density at radius 1 is 1.28 bits per heavy atom. The van der Waals surface area contributed by atoms with Crippen LogP contribution in [0.15, 0.2) is 29.3 Å². The molecule has 0 saturated heterocycles. The van der Waals surface area contributed by atoms with Gasteiger partial charge in [0.2, 0.25) is 10.0 Å². The van der Waals surface area contributed by atoms with Gasteiger partial charge in [-0.15, -0.1) is 0 Å². The second-order valence-corrected chi connectivity index (χ2v) is 8.06. The van der Waals surface area contributed by atoms with Crippen molar-refractivity contribution >= 4 is 33.2 Å². The molecule has 2 rings (SSSR count). The summed E-state index contributed by atoms with van der Waals surface area (Å²) in [4.78, 5) is 11.7. The van der Waals surface area contributed by atoms with Crippen LogP contribution >= 0.6 is 11.6 Å². The number of carbonyl (C=O) groups is 1. The summed E-state index contributed by atoms with van der Waals surface area (Å²) in [5.41, 5.74) is -0.765. The summed E-state index contributed by atoms with van der Waals surface area (Å²) in [5, 5.41) is 1.25. The van der Waals surface area contributed by atoms with E-state index in [9.17, 15) is 35.2 Å². The molecule has 160 valence electrons. The highest BCUT2D eigenvalue weighted by Gasteiger charge is 2.41. The minimum atomic E-state index is -4.80. The van der Waals surface area contributed by atoms with Crippen LogP contribution in [0.4, 0.5) is 27.6 Å². The quantitative estimate of drug-likeness (QED) is 0.509. The zero-order valence-corrected chi connectivity index (χ0v) is 16.5. The van der Waals surface area contributed by atoms with Crippen molar-refractivity contribution in [3.8, 4) is 0 Å². The molecule has 0 spiro atoms. The molecule has 1 amide bonds. The van der Waals surface area contributed by atoms with Gasteiger partial charge in [-0.3, -0.25) is 4.79 Å². The zero-order valence-electron chi connectivity index (χ0n) is 14.9. The average Bonchev–Trinajstić information content (AvgIpc) is 3.02. The van der Waals surface area contributed by atoms with E-state index in [-0.39, 0.29) is 5.69 Å². The lowest BCUT2D eigenvalue weighted by Crippen LogP contribution is -2.44. The average molecular weight is 460 g/mol. The van der Waals surface area contributed by atoms with E-state index in [4.69, 9.17) is 11.6 Å². The molecule has 1 heterocycles. The number of aryl methyl sites for hydroxylation is 1. The number of halogens is 6. The molecule has 0 fully saturated rings. The van der Waals surface area contributed by atoms with Crippen molar-refractivity contribution in [2.45, 2.75) is 30.5 Å². The second kappa shape index (κ2) is 8.28. The van der Waals surface area contributed by atoms with E-state index < -0.39 is 61.8 Å². The van der Waals surface area contributed by atoms with Gasteiger partial charge in [-0.05, 0) is 24.6 Å². The van der Waals surface area contributed by atoms with Crippen LogP contribution in [-0.4, -0.2) is 31.1 Å². The maximum Gasteiger partial charge on any atom is 0.404 e. The van der Waals surface area contributed by atoms with Crippen molar-refractivity contribution in [2.75, 3.05) is 5.32 Å². The molecule has 29 heavy (non-hydrogen) atoms. The van der Waals surface area contributed by atoms with Gasteiger partial charge in [0, 0.05) is 13.2 Å². The maximum absolute atomic E-state index is 13.9. The number of rotatable bonds is 6. The minimum absolute atomic E-state index is 0.301. The van der Waals surface area contributed by atoms with Crippen LogP contribution in [0.1, 0.15) is 23.8 Å². The summed E-state index contributed by atoms with van der Waals surface area (Å²) in [6, 6.07) is 0.240. The predicted molar refractivity (Wildman–Crippen MR) is 95.2 cm³/mol. The van der Waals surface area contributed by atoms with E-state index in [1.807, 2.05) is 0 Å². The molecule has 0 saturated carbocycles. The molecule has 2 N–H and O–H groups in total. The number of sulfonamides is 1. The highest BCUT2D eigenvalue weighted by atomic mass is 35.5. The molecule has 0 aliphatic heterocycles. The Labute approximate surface area is 167 Å². The Bertz CT molecular complexity index is 1040. The van der Waals surface area contributed by atoms with Crippen molar-refractivity contribution in [2.24, 2.45) is 7.05 Å². The molecule has 0 aliphatic carbocycles. The van der Waals surface area contributed by atoms with E-state index in [0.29, 0.717) is 0 Å². The Kier molecular flexibility index (Phi) is 6.60. The van der Waals surface area contributed by atoms with Crippen LogP contribution in [0.3, 0.4) is 0 Å². The van der Waals surface area contributed by atoms with Gasteiger partial charge in [0.15, 0.2) is 5.82 Å². The number of amides is 1. The van der Waals surface area contributed by atoms with Crippen LogP contribution in [0.5, 0.6) is 0 Å².